The summed E-state index contributed by atoms with van der Waals surface area (Å²) >= 11 is 6.53. The fourth-order valence-corrected chi connectivity index (χ4v) is 3.85. The molecule has 0 amide bonds. The summed E-state index contributed by atoms with van der Waals surface area (Å²) in [6.45, 7) is 0. The van der Waals surface area contributed by atoms with Gasteiger partial charge >= 0.3 is 24.2 Å². The van der Waals surface area contributed by atoms with Gasteiger partial charge in [-0.2, -0.15) is 45.3 Å². The predicted octanol–water partition coefficient (Wildman–Crippen LogP) is 5.36. The number of carbonyl (C=O) groups is 1. The van der Waals surface area contributed by atoms with E-state index in [0.29, 0.717) is 4.68 Å². The first-order valence-corrected chi connectivity index (χ1v) is 8.92. The minimum atomic E-state index is -6.32. The zero-order chi connectivity index (χ0) is 23.5. The summed E-state index contributed by atoms with van der Waals surface area (Å²) in [5.41, 5.74) is -5.09. The Hall–Kier alpha value is -2.68. The van der Waals surface area contributed by atoms with Crippen molar-refractivity contribution in [2.75, 3.05) is 0 Å². The summed E-state index contributed by atoms with van der Waals surface area (Å²) in [5.74, 6) is -8.45. The van der Waals surface area contributed by atoms with Gasteiger partial charge in [-0.3, -0.25) is 0 Å². The molecule has 0 spiro atoms. The molecule has 0 radical (unpaired) electrons. The second-order valence-corrected chi connectivity index (χ2v) is 7.67. The molecule has 3 rings (SSSR count). The molecule has 0 atom stereocenters. The molecule has 3 aromatic rings. The number of carboxylic acid groups (broad SMARTS) is 1. The lowest BCUT2D eigenvalue weighted by Crippen LogP contribution is -2.36. The Labute approximate surface area is 175 Å². The first kappa shape index (κ1) is 23.0. The van der Waals surface area contributed by atoms with Crippen LogP contribution in [0.4, 0.5) is 35.1 Å². The maximum Gasteiger partial charge on any atom is 0.459 e. The van der Waals surface area contributed by atoms with Crippen LogP contribution in [0.2, 0.25) is 4.34 Å². The monoisotopic (exact) mass is 494 g/mol. The molecule has 0 saturated carbocycles. The molecule has 0 fully saturated rings. The van der Waals surface area contributed by atoms with Crippen LogP contribution >= 0.6 is 22.9 Å². The van der Waals surface area contributed by atoms with E-state index in [1.54, 1.807) is 0 Å². The zero-order valence-corrected chi connectivity index (χ0v) is 16.3. The van der Waals surface area contributed by atoms with Crippen LogP contribution in [0.3, 0.4) is 0 Å². The van der Waals surface area contributed by atoms with Crippen molar-refractivity contribution >= 4 is 28.9 Å². The highest BCUT2D eigenvalue weighted by atomic mass is 35.5. The Bertz CT molecular complexity index is 1160. The van der Waals surface area contributed by atoms with E-state index in [0.717, 1.165) is 36.8 Å². The van der Waals surface area contributed by atoms with Gasteiger partial charge in [0.2, 0.25) is 0 Å². The van der Waals surface area contributed by atoms with Crippen LogP contribution in [0.15, 0.2) is 18.5 Å². The van der Waals surface area contributed by atoms with Gasteiger partial charge in [-0.25, -0.2) is 14.2 Å². The van der Waals surface area contributed by atoms with Gasteiger partial charge < -0.3 is 5.11 Å². The average Bonchev–Trinajstić information content (AvgIpc) is 3.29. The molecule has 0 aliphatic rings. The van der Waals surface area contributed by atoms with E-state index in [1.165, 1.54) is 0 Å². The molecular weight excluding hydrogens is 488 g/mol. The van der Waals surface area contributed by atoms with E-state index in [-0.39, 0.29) is 25.0 Å². The summed E-state index contributed by atoms with van der Waals surface area (Å²) in [5, 5.41) is 15.4. The summed E-state index contributed by atoms with van der Waals surface area (Å²) in [6.07, 6.45) is -10.1. The van der Waals surface area contributed by atoms with E-state index in [1.807, 2.05) is 0 Å². The molecule has 0 bridgehead atoms. The standard InChI is InChI=1S/C15H7ClF8N4O2S/c1-27-11(8(14(19,20)21)9(26-27)13(17,18)15(22,23)24)28-4-5(3-25-28)7-2-6(12(29)30)10(16)31-7/h2-4H,1H3,(H,29,30). The van der Waals surface area contributed by atoms with Crippen molar-refractivity contribution in [2.45, 2.75) is 18.3 Å². The first-order valence-electron chi connectivity index (χ1n) is 7.73. The second-order valence-electron chi connectivity index (χ2n) is 6.02. The molecule has 0 unspecified atom stereocenters. The van der Waals surface area contributed by atoms with E-state index in [2.05, 4.69) is 10.2 Å². The highest BCUT2D eigenvalue weighted by Gasteiger charge is 2.64. The molecule has 3 heterocycles. The van der Waals surface area contributed by atoms with Crippen molar-refractivity contribution in [2.24, 2.45) is 7.05 Å². The normalized spacial score (nSPS) is 13.1. The smallest absolute Gasteiger partial charge is 0.459 e. The summed E-state index contributed by atoms with van der Waals surface area (Å²) in [6, 6.07) is 1.10. The van der Waals surface area contributed by atoms with Crippen LogP contribution in [0.25, 0.3) is 16.3 Å². The van der Waals surface area contributed by atoms with Crippen LogP contribution in [0.1, 0.15) is 21.6 Å². The van der Waals surface area contributed by atoms with Crippen LogP contribution in [0.5, 0.6) is 0 Å². The minimum Gasteiger partial charge on any atom is -0.478 e. The zero-order valence-electron chi connectivity index (χ0n) is 14.7. The highest BCUT2D eigenvalue weighted by Crippen LogP contribution is 2.49. The van der Waals surface area contributed by atoms with Gasteiger partial charge in [0.05, 0.1) is 11.8 Å². The third-order valence-corrected chi connectivity index (χ3v) is 5.36. The number of rotatable bonds is 4. The fraction of sp³-hybridized carbons (Fsp3) is 0.267. The third kappa shape index (κ3) is 3.86. The Morgan fingerprint density at radius 2 is 1.77 bits per heavy atom. The lowest BCUT2D eigenvalue weighted by atomic mass is 10.1. The lowest BCUT2D eigenvalue weighted by molar-refractivity contribution is -0.292. The largest absolute Gasteiger partial charge is 0.478 e. The number of aromatic nitrogens is 4. The number of nitrogens with zero attached hydrogens (tertiary/aromatic N) is 4. The van der Waals surface area contributed by atoms with Crippen LogP contribution in [-0.2, 0) is 19.1 Å². The van der Waals surface area contributed by atoms with Gasteiger partial charge in [0.15, 0.2) is 11.5 Å². The predicted molar refractivity (Wildman–Crippen MR) is 90.6 cm³/mol. The lowest BCUT2D eigenvalue weighted by Gasteiger charge is -2.19. The van der Waals surface area contributed by atoms with Crippen molar-refractivity contribution in [3.05, 3.63) is 39.6 Å². The average molecular weight is 495 g/mol. The molecule has 31 heavy (non-hydrogen) atoms. The highest BCUT2D eigenvalue weighted by molar-refractivity contribution is 7.19. The SMILES string of the molecule is Cn1nc(C(F)(F)C(F)(F)F)c(C(F)(F)F)c1-n1cc(-c2cc(C(=O)O)c(Cl)s2)cn1. The molecule has 0 saturated heterocycles. The Kier molecular flexibility index (Phi) is 5.33. The Morgan fingerprint density at radius 1 is 1.16 bits per heavy atom. The van der Waals surface area contributed by atoms with Crippen molar-refractivity contribution in [3.8, 4) is 16.3 Å². The molecular formula is C15H7ClF8N4O2S. The third-order valence-electron chi connectivity index (χ3n) is 3.96. The maximum atomic E-state index is 13.8. The number of hydrogen-bond donors (Lipinski definition) is 1. The van der Waals surface area contributed by atoms with E-state index < -0.39 is 41.3 Å². The molecule has 0 aromatic carbocycles. The number of hydrogen-bond acceptors (Lipinski definition) is 4. The van der Waals surface area contributed by atoms with E-state index in [4.69, 9.17) is 16.7 Å². The van der Waals surface area contributed by atoms with Crippen molar-refractivity contribution in [1.29, 1.82) is 0 Å². The Morgan fingerprint density at radius 3 is 2.26 bits per heavy atom. The van der Waals surface area contributed by atoms with Gasteiger partial charge in [-0.1, -0.05) is 11.6 Å². The number of alkyl halides is 8. The summed E-state index contributed by atoms with van der Waals surface area (Å²) < 4.78 is 107. The van der Waals surface area contributed by atoms with E-state index in [9.17, 15) is 39.9 Å². The summed E-state index contributed by atoms with van der Waals surface area (Å²) in [4.78, 5) is 11.2. The van der Waals surface area contributed by atoms with Crippen molar-refractivity contribution < 1.29 is 45.0 Å². The topological polar surface area (TPSA) is 72.9 Å². The Balaban J connectivity index is 2.19. The van der Waals surface area contributed by atoms with Gasteiger partial charge in [0, 0.05) is 23.7 Å². The second kappa shape index (κ2) is 7.19. The number of aromatic carboxylic acids is 1. The van der Waals surface area contributed by atoms with Crippen LogP contribution in [-0.4, -0.2) is 36.8 Å². The summed E-state index contributed by atoms with van der Waals surface area (Å²) in [7, 11) is 0.742. The van der Waals surface area contributed by atoms with Crippen LogP contribution in [0, 0.1) is 0 Å². The number of aryl methyl sites for hydroxylation is 1. The number of halogens is 9. The number of carboxylic acids is 1. The molecule has 6 nitrogen and oxygen atoms in total. The van der Waals surface area contributed by atoms with Crippen molar-refractivity contribution in [3.63, 3.8) is 0 Å². The first-order chi connectivity index (χ1) is 14.1. The van der Waals surface area contributed by atoms with E-state index >= 15 is 0 Å². The molecule has 3 aromatic heterocycles. The molecule has 1 N–H and O–H groups in total. The molecule has 168 valence electrons. The van der Waals surface area contributed by atoms with Gasteiger partial charge in [0.1, 0.15) is 9.90 Å². The minimum absolute atomic E-state index is 0.0397. The maximum absolute atomic E-state index is 13.8. The molecule has 0 aliphatic carbocycles. The van der Waals surface area contributed by atoms with Crippen molar-refractivity contribution in [1.82, 2.24) is 19.6 Å². The quantitative estimate of drug-likeness (QED) is 0.496. The van der Waals surface area contributed by atoms with Crippen LogP contribution < -0.4 is 0 Å². The molecule has 0 aliphatic heterocycles. The molecule has 16 heteroatoms. The van der Waals surface area contributed by atoms with Gasteiger partial charge in [-0.05, 0) is 6.07 Å². The van der Waals surface area contributed by atoms with Gasteiger partial charge in [-0.15, -0.1) is 11.3 Å². The number of thiophene rings is 1. The fourth-order valence-electron chi connectivity index (χ4n) is 2.62. The van der Waals surface area contributed by atoms with Gasteiger partial charge in [0.25, 0.3) is 0 Å².